The predicted octanol–water partition coefficient (Wildman–Crippen LogP) is 0.492. The highest BCUT2D eigenvalue weighted by Crippen LogP contribution is 2.20. The van der Waals surface area contributed by atoms with E-state index in [9.17, 15) is 17.6 Å². The molecule has 6 nitrogen and oxygen atoms in total. The molecule has 1 aromatic carbocycles. The Hall–Kier alpha value is -1.51. The molecule has 1 amide bonds. The molecule has 1 aliphatic heterocycles. The lowest BCUT2D eigenvalue weighted by Gasteiger charge is -2.37. The summed E-state index contributed by atoms with van der Waals surface area (Å²) in [6, 6.07) is 5.89. The van der Waals surface area contributed by atoms with Gasteiger partial charge in [0.05, 0.1) is 19.4 Å². The van der Waals surface area contributed by atoms with Crippen molar-refractivity contribution in [2.45, 2.75) is 19.1 Å². The van der Waals surface area contributed by atoms with Gasteiger partial charge >= 0.3 is 0 Å². The zero-order chi connectivity index (χ0) is 16.4. The molecule has 0 radical (unpaired) electrons. The van der Waals surface area contributed by atoms with Crippen LogP contribution in [-0.4, -0.2) is 50.2 Å². The number of amides is 1. The van der Waals surface area contributed by atoms with Crippen LogP contribution in [-0.2, 0) is 26.1 Å². The van der Waals surface area contributed by atoms with Crippen molar-refractivity contribution in [1.29, 1.82) is 0 Å². The van der Waals surface area contributed by atoms with E-state index < -0.39 is 21.5 Å². The third kappa shape index (κ3) is 4.02. The third-order valence-corrected chi connectivity index (χ3v) is 4.78. The number of nitrogens with one attached hydrogen (secondary N) is 1. The van der Waals surface area contributed by atoms with E-state index in [1.807, 2.05) is 0 Å². The molecule has 122 valence electrons. The van der Waals surface area contributed by atoms with Crippen LogP contribution in [0, 0.1) is 5.82 Å². The zero-order valence-corrected chi connectivity index (χ0v) is 13.3. The average Bonchev–Trinajstić information content (AvgIpc) is 2.44. The number of benzene rings is 1. The van der Waals surface area contributed by atoms with Crippen molar-refractivity contribution in [2.24, 2.45) is 0 Å². The molecule has 1 heterocycles. The zero-order valence-electron chi connectivity index (χ0n) is 12.5. The number of sulfonamides is 1. The normalized spacial score (nSPS) is 23.2. The molecule has 1 aromatic rings. The van der Waals surface area contributed by atoms with Crippen LogP contribution in [0.2, 0.25) is 0 Å². The number of morpholine rings is 1. The topological polar surface area (TPSA) is 75.7 Å². The monoisotopic (exact) mass is 330 g/mol. The SMILES string of the molecule is CC1(C(=O)NCc2cccc(F)c2)CN(S(C)(=O)=O)CCO1. The summed E-state index contributed by atoms with van der Waals surface area (Å²) in [5.74, 6) is -0.805. The molecule has 1 saturated heterocycles. The van der Waals surface area contributed by atoms with Crippen molar-refractivity contribution in [1.82, 2.24) is 9.62 Å². The molecule has 2 rings (SSSR count). The van der Waals surface area contributed by atoms with E-state index in [0.717, 1.165) is 6.26 Å². The Morgan fingerprint density at radius 3 is 2.86 bits per heavy atom. The van der Waals surface area contributed by atoms with Crippen LogP contribution in [0.3, 0.4) is 0 Å². The van der Waals surface area contributed by atoms with E-state index in [-0.39, 0.29) is 32.1 Å². The summed E-state index contributed by atoms with van der Waals surface area (Å²) in [7, 11) is -3.38. The van der Waals surface area contributed by atoms with Crippen molar-refractivity contribution in [2.75, 3.05) is 26.0 Å². The fraction of sp³-hybridized carbons (Fsp3) is 0.500. The minimum atomic E-state index is -3.38. The molecule has 1 N–H and O–H groups in total. The third-order valence-electron chi connectivity index (χ3n) is 3.53. The Balaban J connectivity index is 2.01. The fourth-order valence-corrected chi connectivity index (χ4v) is 3.16. The molecule has 0 aliphatic carbocycles. The molecule has 8 heteroatoms. The first-order valence-electron chi connectivity index (χ1n) is 6.82. The van der Waals surface area contributed by atoms with Crippen molar-refractivity contribution < 1.29 is 22.3 Å². The van der Waals surface area contributed by atoms with Crippen molar-refractivity contribution in [3.05, 3.63) is 35.6 Å². The molecule has 0 spiro atoms. The fourth-order valence-electron chi connectivity index (χ4n) is 2.27. The molecule has 22 heavy (non-hydrogen) atoms. The first-order valence-corrected chi connectivity index (χ1v) is 8.67. The van der Waals surface area contributed by atoms with Gasteiger partial charge in [0.1, 0.15) is 5.82 Å². The predicted molar refractivity (Wildman–Crippen MR) is 79.0 cm³/mol. The summed E-state index contributed by atoms with van der Waals surface area (Å²) in [6.07, 6.45) is 1.10. The van der Waals surface area contributed by atoms with Crippen molar-refractivity contribution in [3.63, 3.8) is 0 Å². The number of nitrogens with zero attached hydrogens (tertiary/aromatic N) is 1. The molecule has 0 saturated carbocycles. The van der Waals surface area contributed by atoms with Gasteiger partial charge in [0.2, 0.25) is 10.0 Å². The van der Waals surface area contributed by atoms with E-state index in [1.165, 1.54) is 16.4 Å². The van der Waals surface area contributed by atoms with Gasteiger partial charge in [0.25, 0.3) is 5.91 Å². The second-order valence-corrected chi connectivity index (χ2v) is 7.47. The van der Waals surface area contributed by atoms with Crippen LogP contribution in [0.25, 0.3) is 0 Å². The highest BCUT2D eigenvalue weighted by Gasteiger charge is 2.41. The number of rotatable bonds is 4. The van der Waals surface area contributed by atoms with Gasteiger partial charge in [-0.15, -0.1) is 0 Å². The number of carbonyl (C=O) groups excluding carboxylic acids is 1. The smallest absolute Gasteiger partial charge is 0.253 e. The van der Waals surface area contributed by atoms with Gasteiger partial charge in [-0.05, 0) is 24.6 Å². The first-order chi connectivity index (χ1) is 10.2. The quantitative estimate of drug-likeness (QED) is 0.872. The Kier molecular flexibility index (Phi) is 4.84. The summed E-state index contributed by atoms with van der Waals surface area (Å²) in [5.41, 5.74) is -0.637. The van der Waals surface area contributed by atoms with Crippen LogP contribution in [0.5, 0.6) is 0 Å². The van der Waals surface area contributed by atoms with Gasteiger partial charge in [-0.25, -0.2) is 12.8 Å². The lowest BCUT2D eigenvalue weighted by Crippen LogP contribution is -2.59. The van der Waals surface area contributed by atoms with E-state index in [4.69, 9.17) is 4.74 Å². The summed E-state index contributed by atoms with van der Waals surface area (Å²) in [6.45, 7) is 2.03. The summed E-state index contributed by atoms with van der Waals surface area (Å²) in [5, 5.41) is 2.66. The lowest BCUT2D eigenvalue weighted by molar-refractivity contribution is -0.152. The van der Waals surface area contributed by atoms with Gasteiger partial charge in [0, 0.05) is 13.1 Å². The highest BCUT2D eigenvalue weighted by molar-refractivity contribution is 7.88. The van der Waals surface area contributed by atoms with Gasteiger partial charge in [0.15, 0.2) is 5.60 Å². The van der Waals surface area contributed by atoms with Crippen molar-refractivity contribution >= 4 is 15.9 Å². The lowest BCUT2D eigenvalue weighted by atomic mass is 10.0. The first kappa shape index (κ1) is 16.9. The Morgan fingerprint density at radius 1 is 1.50 bits per heavy atom. The van der Waals surface area contributed by atoms with E-state index in [0.29, 0.717) is 5.56 Å². The molecule has 1 fully saturated rings. The summed E-state index contributed by atoms with van der Waals surface area (Å²) in [4.78, 5) is 12.3. The second-order valence-electron chi connectivity index (χ2n) is 5.49. The van der Waals surface area contributed by atoms with Crippen LogP contribution in [0.15, 0.2) is 24.3 Å². The van der Waals surface area contributed by atoms with E-state index in [2.05, 4.69) is 5.32 Å². The maximum atomic E-state index is 13.1. The van der Waals surface area contributed by atoms with Gasteiger partial charge in [-0.3, -0.25) is 4.79 Å². The molecule has 1 atom stereocenters. The molecule has 1 unspecified atom stereocenters. The Bertz CT molecular complexity index is 665. The van der Waals surface area contributed by atoms with Gasteiger partial charge in [-0.1, -0.05) is 12.1 Å². The van der Waals surface area contributed by atoms with Crippen LogP contribution in [0.1, 0.15) is 12.5 Å². The standard InChI is InChI=1S/C14H19FN2O4S/c1-14(10-17(6-7-21-14)22(2,19)20)13(18)16-9-11-4-3-5-12(15)8-11/h3-5,8H,6-7,9-10H2,1-2H3,(H,16,18). The Labute approximate surface area is 129 Å². The molecule has 1 aliphatic rings. The number of ether oxygens (including phenoxy) is 1. The number of hydrogen-bond donors (Lipinski definition) is 1. The largest absolute Gasteiger partial charge is 0.363 e. The minimum absolute atomic E-state index is 0.0409. The number of hydrogen-bond acceptors (Lipinski definition) is 4. The van der Waals surface area contributed by atoms with Crippen LogP contribution in [0.4, 0.5) is 4.39 Å². The van der Waals surface area contributed by atoms with Crippen LogP contribution >= 0.6 is 0 Å². The van der Waals surface area contributed by atoms with Crippen LogP contribution < -0.4 is 5.32 Å². The van der Waals surface area contributed by atoms with E-state index in [1.54, 1.807) is 19.1 Å². The van der Waals surface area contributed by atoms with Gasteiger partial charge in [-0.2, -0.15) is 4.31 Å². The minimum Gasteiger partial charge on any atom is -0.363 e. The maximum absolute atomic E-state index is 13.1. The summed E-state index contributed by atoms with van der Waals surface area (Å²) >= 11 is 0. The molecular weight excluding hydrogens is 311 g/mol. The highest BCUT2D eigenvalue weighted by atomic mass is 32.2. The number of carbonyl (C=O) groups is 1. The average molecular weight is 330 g/mol. The van der Waals surface area contributed by atoms with Crippen molar-refractivity contribution in [3.8, 4) is 0 Å². The van der Waals surface area contributed by atoms with Gasteiger partial charge < -0.3 is 10.1 Å². The number of halogens is 1. The maximum Gasteiger partial charge on any atom is 0.253 e. The molecular formula is C14H19FN2O4S. The Morgan fingerprint density at radius 2 is 2.23 bits per heavy atom. The van der Waals surface area contributed by atoms with E-state index >= 15 is 0 Å². The summed E-state index contributed by atoms with van der Waals surface area (Å²) < 4.78 is 43.0. The molecule has 0 bridgehead atoms. The second kappa shape index (κ2) is 6.31. The molecule has 0 aromatic heterocycles.